The summed E-state index contributed by atoms with van der Waals surface area (Å²) in [6.45, 7) is 2.29. The lowest BCUT2D eigenvalue weighted by Gasteiger charge is -2.16. The summed E-state index contributed by atoms with van der Waals surface area (Å²) in [5.74, 6) is 1.22. The molecule has 0 unspecified atom stereocenters. The summed E-state index contributed by atoms with van der Waals surface area (Å²) in [6.07, 6.45) is 0. The van der Waals surface area contributed by atoms with Crippen molar-refractivity contribution < 1.29 is 19.4 Å². The third-order valence-corrected chi connectivity index (χ3v) is 5.71. The molecule has 5 nitrogen and oxygen atoms in total. The van der Waals surface area contributed by atoms with Crippen LogP contribution in [0.5, 0.6) is 11.5 Å². The molecule has 138 valence electrons. The molecule has 7 heteroatoms. The molecule has 2 atom stereocenters. The SMILES string of the molecule is COc1ccc([C@H]2N[C@@H](C(=O)O)CS2)cc1COc1ccc(Cl)cc1C. The second-order valence-corrected chi connectivity index (χ2v) is 7.62. The van der Waals surface area contributed by atoms with Gasteiger partial charge < -0.3 is 14.6 Å². The van der Waals surface area contributed by atoms with Gasteiger partial charge in [-0.05, 0) is 48.4 Å². The highest BCUT2D eigenvalue weighted by Crippen LogP contribution is 2.35. The maximum Gasteiger partial charge on any atom is 0.321 e. The summed E-state index contributed by atoms with van der Waals surface area (Å²) < 4.78 is 11.4. The zero-order valence-corrected chi connectivity index (χ0v) is 16.1. The van der Waals surface area contributed by atoms with Crippen LogP contribution in [0.3, 0.4) is 0 Å². The van der Waals surface area contributed by atoms with Gasteiger partial charge in [0.25, 0.3) is 0 Å². The van der Waals surface area contributed by atoms with Crippen molar-refractivity contribution in [2.75, 3.05) is 12.9 Å². The van der Waals surface area contributed by atoms with E-state index >= 15 is 0 Å². The largest absolute Gasteiger partial charge is 0.496 e. The smallest absolute Gasteiger partial charge is 0.321 e. The summed E-state index contributed by atoms with van der Waals surface area (Å²) in [7, 11) is 1.62. The Morgan fingerprint density at radius 3 is 2.73 bits per heavy atom. The molecule has 0 saturated carbocycles. The van der Waals surface area contributed by atoms with Gasteiger partial charge in [0.2, 0.25) is 0 Å². The second-order valence-electron chi connectivity index (χ2n) is 6.04. The first kappa shape index (κ1) is 18.9. The third-order valence-electron chi connectivity index (χ3n) is 4.21. The first-order chi connectivity index (χ1) is 12.5. The number of thioether (sulfide) groups is 1. The molecule has 2 aromatic carbocycles. The molecule has 1 saturated heterocycles. The number of ether oxygens (including phenoxy) is 2. The van der Waals surface area contributed by atoms with Crippen molar-refractivity contribution in [3.63, 3.8) is 0 Å². The van der Waals surface area contributed by atoms with Crippen LogP contribution >= 0.6 is 23.4 Å². The monoisotopic (exact) mass is 393 g/mol. The van der Waals surface area contributed by atoms with Crippen LogP contribution in [-0.2, 0) is 11.4 Å². The minimum Gasteiger partial charge on any atom is -0.496 e. The number of hydrogen-bond acceptors (Lipinski definition) is 5. The van der Waals surface area contributed by atoms with E-state index < -0.39 is 12.0 Å². The van der Waals surface area contributed by atoms with Crippen LogP contribution in [-0.4, -0.2) is 30.0 Å². The first-order valence-electron chi connectivity index (χ1n) is 8.14. The Morgan fingerprint density at radius 1 is 1.31 bits per heavy atom. The first-order valence-corrected chi connectivity index (χ1v) is 9.57. The Balaban J connectivity index is 1.76. The van der Waals surface area contributed by atoms with Gasteiger partial charge in [-0.2, -0.15) is 0 Å². The van der Waals surface area contributed by atoms with E-state index in [0.717, 1.165) is 28.2 Å². The van der Waals surface area contributed by atoms with Crippen LogP contribution in [0.25, 0.3) is 0 Å². The van der Waals surface area contributed by atoms with Crippen molar-refractivity contribution in [2.24, 2.45) is 0 Å². The number of carboxylic acids is 1. The van der Waals surface area contributed by atoms with Crippen molar-refractivity contribution >= 4 is 29.3 Å². The average molecular weight is 394 g/mol. The number of halogens is 1. The number of aliphatic carboxylic acids is 1. The van der Waals surface area contributed by atoms with Crippen molar-refractivity contribution in [2.45, 2.75) is 24.9 Å². The number of carboxylic acid groups (broad SMARTS) is 1. The maximum absolute atomic E-state index is 11.1. The van der Waals surface area contributed by atoms with E-state index in [0.29, 0.717) is 17.4 Å². The number of carbonyl (C=O) groups is 1. The standard InChI is InChI=1S/C19H20ClNO4S/c1-11-7-14(20)4-6-16(11)25-9-13-8-12(3-5-17(13)24-2)18-21-15(10-26-18)19(22)23/h3-8,15,18,21H,9-10H2,1-2H3,(H,22,23)/t15-,18+/m1/s1. The van der Waals surface area contributed by atoms with Gasteiger partial charge in [0.05, 0.1) is 12.5 Å². The molecule has 0 aliphatic carbocycles. The van der Waals surface area contributed by atoms with E-state index in [1.807, 2.05) is 37.3 Å². The van der Waals surface area contributed by atoms with E-state index in [9.17, 15) is 4.79 Å². The minimum absolute atomic E-state index is 0.0574. The second kappa shape index (κ2) is 8.20. The van der Waals surface area contributed by atoms with Gasteiger partial charge in [-0.1, -0.05) is 17.7 Å². The summed E-state index contributed by atoms with van der Waals surface area (Å²) in [5.41, 5.74) is 2.87. The molecular weight excluding hydrogens is 374 g/mol. The van der Waals surface area contributed by atoms with Gasteiger partial charge in [-0.15, -0.1) is 11.8 Å². The van der Waals surface area contributed by atoms with Crippen LogP contribution in [0.1, 0.15) is 22.1 Å². The molecule has 26 heavy (non-hydrogen) atoms. The van der Waals surface area contributed by atoms with Gasteiger partial charge in [0, 0.05) is 16.3 Å². The maximum atomic E-state index is 11.1. The van der Waals surface area contributed by atoms with Gasteiger partial charge in [0.15, 0.2) is 0 Å². The fraction of sp³-hybridized carbons (Fsp3) is 0.316. The van der Waals surface area contributed by atoms with E-state index in [4.69, 9.17) is 26.2 Å². The van der Waals surface area contributed by atoms with Crippen molar-refractivity contribution in [1.82, 2.24) is 5.32 Å². The normalized spacial score (nSPS) is 19.3. The van der Waals surface area contributed by atoms with E-state index in [2.05, 4.69) is 5.32 Å². The number of nitrogens with one attached hydrogen (secondary N) is 1. The van der Waals surface area contributed by atoms with Gasteiger partial charge >= 0.3 is 5.97 Å². The molecule has 0 bridgehead atoms. The van der Waals surface area contributed by atoms with Gasteiger partial charge in [0.1, 0.15) is 24.1 Å². The molecule has 0 amide bonds. The summed E-state index contributed by atoms with van der Waals surface area (Å²) in [4.78, 5) is 11.1. The molecule has 1 fully saturated rings. The molecule has 0 aromatic heterocycles. The van der Waals surface area contributed by atoms with Crippen LogP contribution < -0.4 is 14.8 Å². The number of aryl methyl sites for hydroxylation is 1. The Labute approximate surface area is 161 Å². The molecule has 3 rings (SSSR count). The Kier molecular flexibility index (Phi) is 5.96. The van der Waals surface area contributed by atoms with E-state index in [1.54, 1.807) is 24.9 Å². The summed E-state index contributed by atoms with van der Waals surface area (Å²) in [5, 5.41) is 12.9. The van der Waals surface area contributed by atoms with Gasteiger partial charge in [-0.3, -0.25) is 10.1 Å². The summed E-state index contributed by atoms with van der Waals surface area (Å²) >= 11 is 7.57. The predicted octanol–water partition coefficient (Wildman–Crippen LogP) is 4.02. The Bertz CT molecular complexity index is 814. The Hall–Kier alpha value is -1.89. The third kappa shape index (κ3) is 4.26. The van der Waals surface area contributed by atoms with Crippen LogP contribution in [0.4, 0.5) is 0 Å². The van der Waals surface area contributed by atoms with Crippen molar-refractivity contribution in [1.29, 1.82) is 0 Å². The number of hydrogen-bond donors (Lipinski definition) is 2. The fourth-order valence-electron chi connectivity index (χ4n) is 2.81. The van der Waals surface area contributed by atoms with Gasteiger partial charge in [-0.25, -0.2) is 0 Å². The van der Waals surface area contributed by atoms with Crippen LogP contribution in [0, 0.1) is 6.92 Å². The number of benzene rings is 2. The van der Waals surface area contributed by atoms with E-state index in [1.165, 1.54) is 0 Å². The minimum atomic E-state index is -0.824. The molecule has 2 N–H and O–H groups in total. The van der Waals surface area contributed by atoms with Crippen LogP contribution in [0.15, 0.2) is 36.4 Å². The molecule has 1 heterocycles. The zero-order chi connectivity index (χ0) is 18.7. The number of methoxy groups -OCH3 is 1. The quantitative estimate of drug-likeness (QED) is 0.772. The lowest BCUT2D eigenvalue weighted by molar-refractivity contribution is -0.138. The van der Waals surface area contributed by atoms with Crippen molar-refractivity contribution in [3.8, 4) is 11.5 Å². The van der Waals surface area contributed by atoms with E-state index in [-0.39, 0.29) is 5.37 Å². The average Bonchev–Trinajstić information content (AvgIpc) is 3.11. The zero-order valence-electron chi connectivity index (χ0n) is 14.5. The number of rotatable bonds is 6. The topological polar surface area (TPSA) is 67.8 Å². The highest BCUT2D eigenvalue weighted by Gasteiger charge is 2.30. The molecule has 2 aromatic rings. The van der Waals surface area contributed by atoms with Crippen LogP contribution in [0.2, 0.25) is 5.02 Å². The predicted molar refractivity (Wildman–Crippen MR) is 103 cm³/mol. The molecule has 1 aliphatic heterocycles. The lowest BCUT2D eigenvalue weighted by atomic mass is 10.1. The summed E-state index contributed by atoms with van der Waals surface area (Å²) in [6, 6.07) is 10.8. The lowest BCUT2D eigenvalue weighted by Crippen LogP contribution is -2.33. The molecular formula is C19H20ClNO4S. The molecule has 0 spiro atoms. The highest BCUT2D eigenvalue weighted by atomic mass is 35.5. The molecule has 0 radical (unpaired) electrons. The Morgan fingerprint density at radius 2 is 2.08 bits per heavy atom. The van der Waals surface area contributed by atoms with Crippen molar-refractivity contribution in [3.05, 3.63) is 58.1 Å². The highest BCUT2D eigenvalue weighted by molar-refractivity contribution is 7.99. The fourth-order valence-corrected chi connectivity index (χ4v) is 4.26. The molecule has 1 aliphatic rings.